The number of aliphatic hydroxyl groups is 1. The summed E-state index contributed by atoms with van der Waals surface area (Å²) in [5, 5.41) is 9.14. The molecular weight excluding hydrogens is 191 g/mol. The highest BCUT2D eigenvalue weighted by molar-refractivity contribution is 5.28. The van der Waals surface area contributed by atoms with E-state index in [1.165, 1.54) is 11.6 Å². The molecule has 1 atom stereocenters. The molecule has 1 unspecified atom stereocenters. The van der Waals surface area contributed by atoms with Crippen LogP contribution in [0.4, 0.5) is 4.39 Å². The number of benzene rings is 1. The van der Waals surface area contributed by atoms with Gasteiger partial charge in [-0.05, 0) is 55.9 Å². The lowest BCUT2D eigenvalue weighted by molar-refractivity contribution is 0.181. The van der Waals surface area contributed by atoms with E-state index in [0.717, 1.165) is 31.2 Å². The van der Waals surface area contributed by atoms with Crippen molar-refractivity contribution in [2.24, 2.45) is 0 Å². The number of hydrogen-bond donors (Lipinski definition) is 1. The Kier molecular flexibility index (Phi) is 4.76. The minimum absolute atomic E-state index is 0.167. The molecule has 0 heterocycles. The smallest absolute Gasteiger partial charge is 0.123 e. The summed E-state index contributed by atoms with van der Waals surface area (Å²) in [5.41, 5.74) is 2.29. The molecule has 84 valence electrons. The van der Waals surface area contributed by atoms with Crippen LogP contribution in [0.25, 0.3) is 0 Å². The Balaban J connectivity index is 2.62. The van der Waals surface area contributed by atoms with Gasteiger partial charge in [0.25, 0.3) is 0 Å². The van der Waals surface area contributed by atoms with Crippen molar-refractivity contribution in [2.75, 3.05) is 0 Å². The molecule has 0 fully saturated rings. The standard InChI is InChI=1S/C13H19FO/c1-3-11-7-8-13(14)9-12(11)6-4-5-10(2)15/h7-10,15H,3-6H2,1-2H3. The molecule has 0 aromatic heterocycles. The van der Waals surface area contributed by atoms with E-state index < -0.39 is 0 Å². The van der Waals surface area contributed by atoms with E-state index in [2.05, 4.69) is 6.92 Å². The third-order valence-electron chi connectivity index (χ3n) is 2.62. The van der Waals surface area contributed by atoms with Crippen molar-refractivity contribution < 1.29 is 9.50 Å². The van der Waals surface area contributed by atoms with Crippen LogP contribution in [0.2, 0.25) is 0 Å². The SMILES string of the molecule is CCc1ccc(F)cc1CCCC(C)O. The van der Waals surface area contributed by atoms with Crippen LogP contribution in [-0.2, 0) is 12.8 Å². The monoisotopic (exact) mass is 210 g/mol. The van der Waals surface area contributed by atoms with Crippen molar-refractivity contribution in [2.45, 2.75) is 45.6 Å². The number of aliphatic hydroxyl groups excluding tert-OH is 1. The zero-order valence-corrected chi connectivity index (χ0v) is 9.46. The average molecular weight is 210 g/mol. The summed E-state index contributed by atoms with van der Waals surface area (Å²) in [7, 11) is 0. The molecule has 1 aromatic rings. The first-order valence-corrected chi connectivity index (χ1v) is 5.59. The summed E-state index contributed by atoms with van der Waals surface area (Å²) in [4.78, 5) is 0. The van der Waals surface area contributed by atoms with Crippen molar-refractivity contribution in [1.29, 1.82) is 0 Å². The van der Waals surface area contributed by atoms with Gasteiger partial charge in [0.1, 0.15) is 5.82 Å². The molecule has 0 saturated carbocycles. The highest BCUT2D eigenvalue weighted by atomic mass is 19.1. The fourth-order valence-corrected chi connectivity index (χ4v) is 1.76. The summed E-state index contributed by atoms with van der Waals surface area (Å²) in [5.74, 6) is -0.167. The van der Waals surface area contributed by atoms with E-state index in [1.54, 1.807) is 13.0 Å². The lowest BCUT2D eigenvalue weighted by Gasteiger charge is -2.08. The van der Waals surface area contributed by atoms with Crippen LogP contribution in [0.1, 0.15) is 37.8 Å². The molecule has 0 aliphatic carbocycles. The number of halogens is 1. The zero-order chi connectivity index (χ0) is 11.3. The first-order valence-electron chi connectivity index (χ1n) is 5.59. The molecule has 0 saturated heterocycles. The van der Waals surface area contributed by atoms with Gasteiger partial charge in [0.05, 0.1) is 6.10 Å². The van der Waals surface area contributed by atoms with E-state index in [1.807, 2.05) is 6.07 Å². The maximum atomic E-state index is 13.0. The van der Waals surface area contributed by atoms with E-state index >= 15 is 0 Å². The highest BCUT2D eigenvalue weighted by Crippen LogP contribution is 2.15. The van der Waals surface area contributed by atoms with Crippen molar-refractivity contribution in [3.63, 3.8) is 0 Å². The molecule has 0 bridgehead atoms. The Labute approximate surface area is 90.9 Å². The van der Waals surface area contributed by atoms with Gasteiger partial charge in [-0.3, -0.25) is 0 Å². The van der Waals surface area contributed by atoms with Gasteiger partial charge in [-0.25, -0.2) is 4.39 Å². The Bertz CT molecular complexity index is 307. The van der Waals surface area contributed by atoms with Crippen LogP contribution < -0.4 is 0 Å². The predicted molar refractivity (Wildman–Crippen MR) is 60.4 cm³/mol. The summed E-state index contributed by atoms with van der Waals surface area (Å²) in [6.07, 6.45) is 3.22. The fourth-order valence-electron chi connectivity index (χ4n) is 1.76. The molecular formula is C13H19FO. The summed E-state index contributed by atoms with van der Waals surface area (Å²) < 4.78 is 13.0. The van der Waals surface area contributed by atoms with Gasteiger partial charge >= 0.3 is 0 Å². The summed E-state index contributed by atoms with van der Waals surface area (Å²) in [6, 6.07) is 4.98. The zero-order valence-electron chi connectivity index (χ0n) is 9.46. The lowest BCUT2D eigenvalue weighted by Crippen LogP contribution is -2.01. The molecule has 0 radical (unpaired) electrons. The van der Waals surface area contributed by atoms with E-state index in [4.69, 9.17) is 5.11 Å². The Morgan fingerprint density at radius 1 is 1.33 bits per heavy atom. The van der Waals surface area contributed by atoms with Gasteiger partial charge in [-0.2, -0.15) is 0 Å². The van der Waals surface area contributed by atoms with Gasteiger partial charge in [-0.15, -0.1) is 0 Å². The largest absolute Gasteiger partial charge is 0.393 e. The van der Waals surface area contributed by atoms with Gasteiger partial charge in [0.2, 0.25) is 0 Å². The number of hydrogen-bond acceptors (Lipinski definition) is 1. The van der Waals surface area contributed by atoms with Crippen LogP contribution in [0.5, 0.6) is 0 Å². The molecule has 0 aliphatic heterocycles. The average Bonchev–Trinajstić information content (AvgIpc) is 2.17. The topological polar surface area (TPSA) is 20.2 Å². The molecule has 0 amide bonds. The van der Waals surface area contributed by atoms with Crippen molar-refractivity contribution >= 4 is 0 Å². The normalized spacial score (nSPS) is 12.8. The first-order chi connectivity index (χ1) is 7.13. The number of aryl methyl sites for hydroxylation is 2. The lowest BCUT2D eigenvalue weighted by atomic mass is 9.99. The van der Waals surface area contributed by atoms with Crippen LogP contribution in [0, 0.1) is 5.82 Å². The highest BCUT2D eigenvalue weighted by Gasteiger charge is 2.03. The maximum absolute atomic E-state index is 13.0. The predicted octanol–water partition coefficient (Wildman–Crippen LogP) is 3.09. The van der Waals surface area contributed by atoms with E-state index in [0.29, 0.717) is 0 Å². The maximum Gasteiger partial charge on any atom is 0.123 e. The summed E-state index contributed by atoms with van der Waals surface area (Å²) in [6.45, 7) is 3.86. The molecule has 1 N–H and O–H groups in total. The fraction of sp³-hybridized carbons (Fsp3) is 0.538. The van der Waals surface area contributed by atoms with E-state index in [9.17, 15) is 4.39 Å². The van der Waals surface area contributed by atoms with Gasteiger partial charge in [-0.1, -0.05) is 13.0 Å². The first kappa shape index (κ1) is 12.2. The Hall–Kier alpha value is -0.890. The molecule has 0 aliphatic rings. The Morgan fingerprint density at radius 3 is 2.67 bits per heavy atom. The molecule has 1 nitrogen and oxygen atoms in total. The molecule has 1 rings (SSSR count). The third kappa shape index (κ3) is 4.00. The minimum atomic E-state index is -0.261. The van der Waals surface area contributed by atoms with Gasteiger partial charge < -0.3 is 5.11 Å². The molecule has 1 aromatic carbocycles. The van der Waals surface area contributed by atoms with Crippen LogP contribution in [-0.4, -0.2) is 11.2 Å². The number of rotatable bonds is 5. The van der Waals surface area contributed by atoms with E-state index in [-0.39, 0.29) is 11.9 Å². The molecule has 15 heavy (non-hydrogen) atoms. The Morgan fingerprint density at radius 2 is 2.07 bits per heavy atom. The second kappa shape index (κ2) is 5.86. The summed E-state index contributed by atoms with van der Waals surface area (Å²) >= 11 is 0. The van der Waals surface area contributed by atoms with Gasteiger partial charge in [0.15, 0.2) is 0 Å². The minimum Gasteiger partial charge on any atom is -0.393 e. The van der Waals surface area contributed by atoms with Crippen LogP contribution in [0.15, 0.2) is 18.2 Å². The quantitative estimate of drug-likeness (QED) is 0.791. The van der Waals surface area contributed by atoms with Crippen molar-refractivity contribution in [3.05, 3.63) is 35.1 Å². The second-order valence-electron chi connectivity index (χ2n) is 4.01. The van der Waals surface area contributed by atoms with Crippen molar-refractivity contribution in [3.8, 4) is 0 Å². The third-order valence-corrected chi connectivity index (χ3v) is 2.62. The van der Waals surface area contributed by atoms with Crippen molar-refractivity contribution in [1.82, 2.24) is 0 Å². The van der Waals surface area contributed by atoms with Crippen LogP contribution in [0.3, 0.4) is 0 Å². The second-order valence-corrected chi connectivity index (χ2v) is 4.01. The molecule has 2 heteroatoms. The molecule has 0 spiro atoms. The van der Waals surface area contributed by atoms with Gasteiger partial charge in [0, 0.05) is 0 Å². The van der Waals surface area contributed by atoms with Crippen LogP contribution >= 0.6 is 0 Å².